The van der Waals surface area contributed by atoms with Gasteiger partial charge in [-0.15, -0.1) is 0 Å². The Hall–Kier alpha value is -1.82. The van der Waals surface area contributed by atoms with E-state index in [4.69, 9.17) is 0 Å². The topological polar surface area (TPSA) is 49.8 Å². The zero-order valence-electron chi connectivity index (χ0n) is 10.1. The van der Waals surface area contributed by atoms with E-state index in [-0.39, 0.29) is 5.82 Å². The minimum Gasteiger partial charge on any atom is -0.373 e. The van der Waals surface area contributed by atoms with Crippen molar-refractivity contribution in [2.45, 2.75) is 5.16 Å². The molecule has 0 radical (unpaired) electrons. The first kappa shape index (κ1) is 12.6. The zero-order chi connectivity index (χ0) is 13.0. The molecule has 4 nitrogen and oxygen atoms in total. The van der Waals surface area contributed by atoms with Crippen LogP contribution in [0, 0.1) is 5.82 Å². The van der Waals surface area contributed by atoms with E-state index in [0.717, 1.165) is 0 Å². The van der Waals surface area contributed by atoms with E-state index in [9.17, 15) is 4.39 Å². The molecule has 0 fully saturated rings. The summed E-state index contributed by atoms with van der Waals surface area (Å²) in [6.45, 7) is 0. The van der Waals surface area contributed by atoms with Gasteiger partial charge in [-0.25, -0.2) is 14.4 Å². The second-order valence-corrected chi connectivity index (χ2v) is 4.28. The van der Waals surface area contributed by atoms with E-state index >= 15 is 0 Å². The smallest absolute Gasteiger partial charge is 0.191 e. The average molecular weight is 264 g/mol. The molecule has 0 saturated carbocycles. The van der Waals surface area contributed by atoms with Crippen molar-refractivity contribution in [1.82, 2.24) is 9.97 Å². The van der Waals surface area contributed by atoms with Gasteiger partial charge in [-0.3, -0.25) is 0 Å². The van der Waals surface area contributed by atoms with Crippen molar-refractivity contribution in [2.24, 2.45) is 0 Å². The molecule has 2 N–H and O–H groups in total. The molecule has 0 bridgehead atoms. The zero-order valence-corrected chi connectivity index (χ0v) is 10.9. The highest BCUT2D eigenvalue weighted by molar-refractivity contribution is 7.98. The number of hydrogen-bond acceptors (Lipinski definition) is 5. The quantitative estimate of drug-likeness (QED) is 0.656. The second kappa shape index (κ2) is 5.68. The molecule has 2 aromatic rings. The van der Waals surface area contributed by atoms with Gasteiger partial charge in [-0.2, -0.15) is 0 Å². The largest absolute Gasteiger partial charge is 0.373 e. The number of hydrogen-bond donors (Lipinski definition) is 2. The van der Waals surface area contributed by atoms with Crippen LogP contribution in [0.5, 0.6) is 0 Å². The summed E-state index contributed by atoms with van der Waals surface area (Å²) in [5.74, 6) is 1.06. The fourth-order valence-corrected chi connectivity index (χ4v) is 1.80. The highest BCUT2D eigenvalue weighted by atomic mass is 32.2. The van der Waals surface area contributed by atoms with Crippen LogP contribution < -0.4 is 10.6 Å². The standard InChI is InChI=1S/C12H13FN4S/c1-14-10-7-11(17-12(16-10)18-2)15-9-5-3-4-8(13)6-9/h3-7H,1-2H3,(H2,14,15,16,17). The van der Waals surface area contributed by atoms with Crippen molar-refractivity contribution in [1.29, 1.82) is 0 Å². The third-order valence-electron chi connectivity index (χ3n) is 2.24. The fraction of sp³-hybridized carbons (Fsp3) is 0.167. The Balaban J connectivity index is 2.28. The second-order valence-electron chi connectivity index (χ2n) is 3.51. The number of nitrogens with zero attached hydrogens (tertiary/aromatic N) is 2. The molecule has 0 atom stereocenters. The van der Waals surface area contributed by atoms with Gasteiger partial charge in [-0.1, -0.05) is 17.8 Å². The highest BCUT2D eigenvalue weighted by Crippen LogP contribution is 2.20. The molecule has 1 aromatic heterocycles. The molecule has 1 heterocycles. The van der Waals surface area contributed by atoms with Crippen molar-refractivity contribution in [3.63, 3.8) is 0 Å². The van der Waals surface area contributed by atoms with E-state index in [2.05, 4.69) is 20.6 Å². The van der Waals surface area contributed by atoms with Crippen molar-refractivity contribution >= 4 is 29.1 Å². The monoisotopic (exact) mass is 264 g/mol. The van der Waals surface area contributed by atoms with Crippen LogP contribution in [0.1, 0.15) is 0 Å². The maximum atomic E-state index is 13.1. The molecular formula is C12H13FN4S. The third-order valence-corrected chi connectivity index (χ3v) is 2.79. The van der Waals surface area contributed by atoms with Crippen molar-refractivity contribution in [3.05, 3.63) is 36.1 Å². The number of thioether (sulfide) groups is 1. The summed E-state index contributed by atoms with van der Waals surface area (Å²) in [6.07, 6.45) is 1.90. The van der Waals surface area contributed by atoms with Crippen LogP contribution in [0.25, 0.3) is 0 Å². The number of nitrogens with one attached hydrogen (secondary N) is 2. The Morgan fingerprint density at radius 1 is 1.17 bits per heavy atom. The van der Waals surface area contributed by atoms with Gasteiger partial charge < -0.3 is 10.6 Å². The van der Waals surface area contributed by atoms with Gasteiger partial charge in [0.25, 0.3) is 0 Å². The minimum atomic E-state index is -0.284. The molecule has 6 heteroatoms. The minimum absolute atomic E-state index is 0.284. The van der Waals surface area contributed by atoms with Gasteiger partial charge in [0.1, 0.15) is 17.5 Å². The first-order valence-corrected chi connectivity index (χ1v) is 6.57. The molecule has 2 rings (SSSR count). The van der Waals surface area contributed by atoms with Crippen LogP contribution in [-0.4, -0.2) is 23.3 Å². The summed E-state index contributed by atoms with van der Waals surface area (Å²) in [5, 5.41) is 6.66. The van der Waals surface area contributed by atoms with Crippen molar-refractivity contribution < 1.29 is 4.39 Å². The molecule has 1 aromatic carbocycles. The van der Waals surface area contributed by atoms with Crippen molar-refractivity contribution in [3.8, 4) is 0 Å². The molecule has 0 unspecified atom stereocenters. The molecule has 0 aliphatic carbocycles. The Labute approximate surface area is 109 Å². The first-order valence-electron chi connectivity index (χ1n) is 5.34. The summed E-state index contributed by atoms with van der Waals surface area (Å²) < 4.78 is 13.1. The first-order chi connectivity index (χ1) is 8.71. The molecule has 0 amide bonds. The Kier molecular flexibility index (Phi) is 3.99. The molecule has 0 spiro atoms. The van der Waals surface area contributed by atoms with Crippen LogP contribution in [0.15, 0.2) is 35.5 Å². The Morgan fingerprint density at radius 3 is 2.61 bits per heavy atom. The Bertz CT molecular complexity index is 525. The lowest BCUT2D eigenvalue weighted by Gasteiger charge is -2.08. The maximum Gasteiger partial charge on any atom is 0.191 e. The van der Waals surface area contributed by atoms with E-state index in [1.54, 1.807) is 25.2 Å². The third kappa shape index (κ3) is 3.10. The molecule has 18 heavy (non-hydrogen) atoms. The van der Waals surface area contributed by atoms with Gasteiger partial charge >= 0.3 is 0 Å². The maximum absolute atomic E-state index is 13.1. The van der Waals surface area contributed by atoms with E-state index in [1.165, 1.54) is 23.9 Å². The van der Waals surface area contributed by atoms with Gasteiger partial charge in [0, 0.05) is 18.8 Å². The Morgan fingerprint density at radius 2 is 1.94 bits per heavy atom. The summed E-state index contributed by atoms with van der Waals surface area (Å²) in [5.41, 5.74) is 0.655. The number of aromatic nitrogens is 2. The molecule has 0 aliphatic rings. The number of rotatable bonds is 4. The number of halogens is 1. The molecule has 0 saturated heterocycles. The number of benzene rings is 1. The predicted molar refractivity (Wildman–Crippen MR) is 73.0 cm³/mol. The molecular weight excluding hydrogens is 251 g/mol. The summed E-state index contributed by atoms with van der Waals surface area (Å²) >= 11 is 1.45. The van der Waals surface area contributed by atoms with E-state index < -0.39 is 0 Å². The van der Waals surface area contributed by atoms with Crippen LogP contribution >= 0.6 is 11.8 Å². The fourth-order valence-electron chi connectivity index (χ4n) is 1.42. The van der Waals surface area contributed by atoms with Crippen LogP contribution in [0.4, 0.5) is 21.7 Å². The summed E-state index contributed by atoms with van der Waals surface area (Å²) in [4.78, 5) is 8.56. The normalized spacial score (nSPS) is 10.2. The lowest BCUT2D eigenvalue weighted by molar-refractivity contribution is 0.628. The molecule has 94 valence electrons. The summed E-state index contributed by atoms with van der Waals surface area (Å²) in [6, 6.07) is 8.01. The lowest BCUT2D eigenvalue weighted by atomic mass is 10.3. The lowest BCUT2D eigenvalue weighted by Crippen LogP contribution is -2.00. The van der Waals surface area contributed by atoms with E-state index in [1.807, 2.05) is 6.26 Å². The van der Waals surface area contributed by atoms with E-state index in [0.29, 0.717) is 22.5 Å². The van der Waals surface area contributed by atoms with Gasteiger partial charge in [0.15, 0.2) is 5.16 Å². The SMILES string of the molecule is CNc1cc(Nc2cccc(F)c2)nc(SC)n1. The predicted octanol–water partition coefficient (Wildman–Crippen LogP) is 3.12. The molecule has 0 aliphatic heterocycles. The van der Waals surface area contributed by atoms with Gasteiger partial charge in [0.05, 0.1) is 0 Å². The average Bonchev–Trinajstić information content (AvgIpc) is 2.38. The number of anilines is 3. The summed E-state index contributed by atoms with van der Waals surface area (Å²) in [7, 11) is 1.79. The van der Waals surface area contributed by atoms with Crippen LogP contribution in [0.3, 0.4) is 0 Å². The van der Waals surface area contributed by atoms with Gasteiger partial charge in [-0.05, 0) is 24.5 Å². The van der Waals surface area contributed by atoms with Gasteiger partial charge in [0.2, 0.25) is 0 Å². The van der Waals surface area contributed by atoms with Crippen LogP contribution in [0.2, 0.25) is 0 Å². The van der Waals surface area contributed by atoms with Crippen molar-refractivity contribution in [2.75, 3.05) is 23.9 Å². The highest BCUT2D eigenvalue weighted by Gasteiger charge is 2.03. The van der Waals surface area contributed by atoms with Crippen LogP contribution in [-0.2, 0) is 0 Å².